The molecule has 0 aliphatic heterocycles. The van der Waals surface area contributed by atoms with Crippen LogP contribution in [0.25, 0.3) is 26.6 Å². The number of amidine groups is 1. The van der Waals surface area contributed by atoms with E-state index >= 15 is 0 Å². The van der Waals surface area contributed by atoms with E-state index in [-0.39, 0.29) is 18.5 Å². The molecule has 0 saturated carbocycles. The molecule has 9 nitrogen and oxygen atoms in total. The average molecular weight is 491 g/mol. The van der Waals surface area contributed by atoms with E-state index in [1.165, 1.54) is 0 Å². The molecule has 9 heteroatoms. The van der Waals surface area contributed by atoms with Crippen LogP contribution in [0.15, 0.2) is 84.2 Å². The molecule has 2 aromatic heterocycles. The zero-order valence-electron chi connectivity index (χ0n) is 20.0. The van der Waals surface area contributed by atoms with Gasteiger partial charge in [-0.2, -0.15) is 6.57 Å². The molecular weight excluding hydrogens is 468 g/mol. The minimum Gasteiger partial charge on any atom is -0.461 e. The van der Waals surface area contributed by atoms with Gasteiger partial charge in [0.05, 0.1) is 6.61 Å². The van der Waals surface area contributed by atoms with Crippen molar-refractivity contribution in [2.75, 3.05) is 6.61 Å². The maximum atomic E-state index is 12.9. The summed E-state index contributed by atoms with van der Waals surface area (Å²) in [6.45, 7) is 9.35. The molecule has 0 amide bonds. The summed E-state index contributed by atoms with van der Waals surface area (Å²) < 4.78 is 13.2. The summed E-state index contributed by atoms with van der Waals surface area (Å²) in [5.41, 5.74) is 8.64. The van der Waals surface area contributed by atoms with Crippen molar-refractivity contribution in [1.82, 2.24) is 14.5 Å². The number of carbonyl (C=O) groups excluding carboxylic acids is 1. The van der Waals surface area contributed by atoms with Crippen LogP contribution in [0.3, 0.4) is 0 Å². The number of fused-ring (bicyclic) bond motifs is 2. The van der Waals surface area contributed by atoms with Gasteiger partial charge in [-0.25, -0.2) is 14.8 Å². The van der Waals surface area contributed by atoms with Crippen molar-refractivity contribution in [2.45, 2.75) is 13.5 Å². The van der Waals surface area contributed by atoms with Crippen LogP contribution in [0.2, 0.25) is 0 Å². The Bertz CT molecular complexity index is 1690. The molecular formula is C28H22N6O3. The number of aromatic nitrogens is 3. The average Bonchev–Trinajstić information content (AvgIpc) is 3.27. The van der Waals surface area contributed by atoms with Gasteiger partial charge < -0.3 is 19.8 Å². The molecule has 0 atom stereocenters. The monoisotopic (exact) mass is 490 g/mol. The summed E-state index contributed by atoms with van der Waals surface area (Å²) in [5.74, 6) is 0.242. The van der Waals surface area contributed by atoms with Gasteiger partial charge in [-0.15, -0.1) is 4.95 Å². The van der Waals surface area contributed by atoms with Gasteiger partial charge in [-0.1, -0.05) is 36.4 Å². The molecule has 0 aliphatic carbocycles. The van der Waals surface area contributed by atoms with Crippen molar-refractivity contribution < 1.29 is 14.3 Å². The largest absolute Gasteiger partial charge is 0.461 e. The lowest BCUT2D eigenvalue weighted by Crippen LogP contribution is -2.14. The zero-order chi connectivity index (χ0) is 25.8. The highest BCUT2D eigenvalue weighted by Gasteiger charge is 2.19. The predicted octanol–water partition coefficient (Wildman–Crippen LogP) is 5.14. The van der Waals surface area contributed by atoms with Gasteiger partial charge in [-0.05, 0) is 53.6 Å². The number of ether oxygens (including phenoxy) is 2. The maximum Gasteiger partial charge on any atom is 0.354 e. The van der Waals surface area contributed by atoms with Crippen molar-refractivity contribution in [2.24, 2.45) is 10.8 Å². The Morgan fingerprint density at radius 3 is 2.65 bits per heavy atom. The first-order valence-corrected chi connectivity index (χ1v) is 11.5. The molecule has 2 heterocycles. The molecule has 182 valence electrons. The van der Waals surface area contributed by atoms with E-state index in [2.05, 4.69) is 20.0 Å². The summed E-state index contributed by atoms with van der Waals surface area (Å²) in [5, 5.41) is 6.44. The van der Waals surface area contributed by atoms with Gasteiger partial charge in [0, 0.05) is 35.4 Å². The molecule has 0 fully saturated rings. The Morgan fingerprint density at radius 1 is 1.05 bits per heavy atom. The standard InChI is InChI=1S/C28H22N6O3/c1-3-36-27(35)25-15-19-9-10-20(26(29)33-30-2)16-24(19)34(25)17-21-14-22(37-28-31-11-6-12-32-28)13-18-7-4-5-8-23(18)21/h4-16H,3,17H2,1H3,(H2,29,33). The third-order valence-corrected chi connectivity index (χ3v) is 5.84. The molecule has 0 spiro atoms. The fraction of sp³-hybridized carbons (Fsp3) is 0.107. The molecule has 0 radical (unpaired) electrons. The van der Waals surface area contributed by atoms with Crippen molar-refractivity contribution in [3.8, 4) is 11.8 Å². The first kappa shape index (κ1) is 23.5. The molecule has 2 N–H and O–H groups in total. The summed E-state index contributed by atoms with van der Waals surface area (Å²) in [7, 11) is 0. The Balaban J connectivity index is 1.67. The number of nitrogens with two attached hydrogens (primary N) is 1. The third-order valence-electron chi connectivity index (χ3n) is 5.84. The van der Waals surface area contributed by atoms with Gasteiger partial charge in [0.15, 0.2) is 0 Å². The van der Waals surface area contributed by atoms with Gasteiger partial charge in [0.1, 0.15) is 16.5 Å². The van der Waals surface area contributed by atoms with Gasteiger partial charge in [-0.3, -0.25) is 0 Å². The SMILES string of the molecule is [C-]#[N+]/N=C(\N)c1ccc2cc(C(=O)OCC)n(Cc3cc(Oc4ncccn4)cc4ccccc34)c2c1. The van der Waals surface area contributed by atoms with Crippen LogP contribution in [-0.2, 0) is 11.3 Å². The lowest BCUT2D eigenvalue weighted by Gasteiger charge is -2.15. The van der Waals surface area contributed by atoms with E-state index in [0.29, 0.717) is 23.6 Å². The quantitative estimate of drug-likeness (QED) is 0.111. The Labute approximate surface area is 212 Å². The summed E-state index contributed by atoms with van der Waals surface area (Å²) in [6, 6.07) is 21.0. The van der Waals surface area contributed by atoms with Crippen LogP contribution >= 0.6 is 0 Å². The van der Waals surface area contributed by atoms with Gasteiger partial charge in [0.25, 0.3) is 0 Å². The molecule has 0 unspecified atom stereocenters. The van der Waals surface area contributed by atoms with Crippen molar-refractivity contribution in [3.05, 3.63) is 107 Å². The van der Waals surface area contributed by atoms with Gasteiger partial charge in [0.2, 0.25) is 5.84 Å². The lowest BCUT2D eigenvalue weighted by atomic mass is 10.0. The van der Waals surface area contributed by atoms with E-state index in [4.69, 9.17) is 21.8 Å². The van der Waals surface area contributed by atoms with Crippen LogP contribution in [0.4, 0.5) is 0 Å². The van der Waals surface area contributed by atoms with E-state index in [1.54, 1.807) is 37.5 Å². The number of nitrogens with zero attached hydrogens (tertiary/aromatic N) is 5. The molecule has 0 aliphatic rings. The smallest absolute Gasteiger partial charge is 0.354 e. The highest BCUT2D eigenvalue weighted by molar-refractivity contribution is 6.02. The number of hydrogen-bond acceptors (Lipinski definition) is 6. The minimum absolute atomic E-state index is 0.103. The number of rotatable bonds is 7. The molecule has 37 heavy (non-hydrogen) atoms. The summed E-state index contributed by atoms with van der Waals surface area (Å²) in [4.78, 5) is 24.3. The van der Waals surface area contributed by atoms with Crippen LogP contribution in [0.5, 0.6) is 11.8 Å². The van der Waals surface area contributed by atoms with E-state index in [1.807, 2.05) is 53.1 Å². The van der Waals surface area contributed by atoms with E-state index < -0.39 is 5.97 Å². The normalized spacial score (nSPS) is 11.4. The fourth-order valence-corrected chi connectivity index (χ4v) is 4.23. The third kappa shape index (κ3) is 4.81. The second-order valence-corrected chi connectivity index (χ2v) is 8.13. The summed E-state index contributed by atoms with van der Waals surface area (Å²) >= 11 is 0. The van der Waals surface area contributed by atoms with Crippen LogP contribution in [0.1, 0.15) is 28.5 Å². The first-order valence-electron chi connectivity index (χ1n) is 11.5. The molecule has 3 aromatic carbocycles. The number of hydrogen-bond donors (Lipinski definition) is 1. The van der Waals surface area contributed by atoms with Crippen molar-refractivity contribution in [1.29, 1.82) is 0 Å². The zero-order valence-corrected chi connectivity index (χ0v) is 20.0. The molecule has 0 bridgehead atoms. The van der Waals surface area contributed by atoms with Crippen molar-refractivity contribution >= 4 is 33.5 Å². The first-order chi connectivity index (χ1) is 18.1. The Hall–Kier alpha value is -5.23. The van der Waals surface area contributed by atoms with E-state index in [0.717, 1.165) is 27.2 Å². The van der Waals surface area contributed by atoms with Crippen molar-refractivity contribution in [3.63, 3.8) is 0 Å². The van der Waals surface area contributed by atoms with Crippen LogP contribution in [-0.4, -0.2) is 32.9 Å². The Morgan fingerprint density at radius 2 is 1.86 bits per heavy atom. The number of esters is 1. The van der Waals surface area contributed by atoms with Crippen LogP contribution in [0, 0.1) is 6.57 Å². The maximum absolute atomic E-state index is 12.9. The van der Waals surface area contributed by atoms with E-state index in [9.17, 15) is 4.79 Å². The highest BCUT2D eigenvalue weighted by atomic mass is 16.5. The van der Waals surface area contributed by atoms with Gasteiger partial charge >= 0.3 is 12.0 Å². The van der Waals surface area contributed by atoms with Crippen LogP contribution < -0.4 is 10.5 Å². The highest BCUT2D eigenvalue weighted by Crippen LogP contribution is 2.31. The minimum atomic E-state index is -0.433. The second kappa shape index (κ2) is 10.2. The second-order valence-electron chi connectivity index (χ2n) is 8.13. The molecule has 5 aromatic rings. The lowest BCUT2D eigenvalue weighted by molar-refractivity contribution is 0.0515. The summed E-state index contributed by atoms with van der Waals surface area (Å²) in [6.07, 6.45) is 3.23. The molecule has 5 rings (SSSR count). The Kier molecular flexibility index (Phi) is 6.46. The molecule has 0 saturated heterocycles. The fourth-order valence-electron chi connectivity index (χ4n) is 4.23. The number of carbonyl (C=O) groups is 1. The predicted molar refractivity (Wildman–Crippen MR) is 140 cm³/mol. The number of benzene rings is 3. The topological polar surface area (TPSA) is 109 Å².